The summed E-state index contributed by atoms with van der Waals surface area (Å²) in [6.07, 6.45) is 2.97. The van der Waals surface area contributed by atoms with Gasteiger partial charge in [0.15, 0.2) is 0 Å². The fourth-order valence-corrected chi connectivity index (χ4v) is 2.99. The Kier molecular flexibility index (Phi) is 12.6. The average molecular weight is 469 g/mol. The summed E-state index contributed by atoms with van der Waals surface area (Å²) < 4.78 is 5.27. The molecule has 1 aliphatic heterocycles. The number of imide groups is 1. The molecule has 12 heteroatoms. The van der Waals surface area contributed by atoms with Crippen molar-refractivity contribution in [2.24, 2.45) is 0 Å². The highest BCUT2D eigenvalue weighted by atomic mass is 16.5. The van der Waals surface area contributed by atoms with Crippen molar-refractivity contribution in [3.05, 3.63) is 12.2 Å². The maximum atomic E-state index is 12.3. The fraction of sp³-hybridized carbons (Fsp3) is 0.619. The van der Waals surface area contributed by atoms with Gasteiger partial charge in [-0.25, -0.2) is 0 Å². The van der Waals surface area contributed by atoms with Crippen LogP contribution in [-0.2, 0) is 33.5 Å². The third-order valence-electron chi connectivity index (χ3n) is 4.92. The lowest BCUT2D eigenvalue weighted by molar-refractivity contribution is -0.147. The van der Waals surface area contributed by atoms with E-state index in [1.54, 1.807) is 7.05 Å². The number of carboxylic acids is 1. The Morgan fingerprint density at radius 2 is 1.76 bits per heavy atom. The zero-order chi connectivity index (χ0) is 24.8. The van der Waals surface area contributed by atoms with Crippen LogP contribution in [0, 0.1) is 0 Å². The minimum Gasteiger partial charge on any atom is -0.481 e. The lowest BCUT2D eigenvalue weighted by atomic mass is 10.1. The minimum atomic E-state index is -1.21. The van der Waals surface area contributed by atoms with Gasteiger partial charge in [0.2, 0.25) is 11.8 Å². The van der Waals surface area contributed by atoms with E-state index >= 15 is 0 Å². The van der Waals surface area contributed by atoms with Gasteiger partial charge in [0.25, 0.3) is 11.8 Å². The number of amides is 4. The highest BCUT2D eigenvalue weighted by molar-refractivity contribution is 6.13. The topological polar surface area (TPSA) is 162 Å². The second-order valence-electron chi connectivity index (χ2n) is 7.47. The zero-order valence-corrected chi connectivity index (χ0v) is 19.0. The Labute approximate surface area is 192 Å². The lowest BCUT2D eigenvalue weighted by Crippen LogP contribution is -2.50. The molecule has 0 aromatic carbocycles. The van der Waals surface area contributed by atoms with E-state index in [9.17, 15) is 28.8 Å². The maximum absolute atomic E-state index is 12.3. The first-order valence-electron chi connectivity index (χ1n) is 10.7. The molecule has 33 heavy (non-hydrogen) atoms. The number of nitrogens with zero attached hydrogens (tertiary/aromatic N) is 2. The molecule has 0 spiro atoms. The lowest BCUT2D eigenvalue weighted by Gasteiger charge is -2.26. The van der Waals surface area contributed by atoms with Gasteiger partial charge in [-0.15, -0.1) is 0 Å². The first-order valence-corrected chi connectivity index (χ1v) is 10.7. The van der Waals surface area contributed by atoms with E-state index in [1.165, 1.54) is 7.05 Å². The van der Waals surface area contributed by atoms with Crippen molar-refractivity contribution in [3.8, 4) is 0 Å². The van der Waals surface area contributed by atoms with Crippen molar-refractivity contribution in [2.75, 3.05) is 46.9 Å². The standard InChI is InChI=1S/C21H32N4O8/c1-22-9-4-10-23-21(32)16(13-20(30)31)24(2)19(29)14-33-12-3-5-15(26)8-11-25-17(27)6-7-18(25)28/h6-7,16,22H,3-5,8-14H2,1-2H3,(H,23,32)(H,30,31)/t16-/m0/s1. The number of rotatable bonds is 17. The van der Waals surface area contributed by atoms with Gasteiger partial charge in [-0.05, 0) is 26.4 Å². The van der Waals surface area contributed by atoms with E-state index in [1.807, 2.05) is 0 Å². The Balaban J connectivity index is 2.32. The molecule has 0 saturated heterocycles. The van der Waals surface area contributed by atoms with Gasteiger partial charge in [-0.3, -0.25) is 33.7 Å². The van der Waals surface area contributed by atoms with Crippen molar-refractivity contribution >= 4 is 35.4 Å². The number of ether oxygens (including phenoxy) is 1. The van der Waals surface area contributed by atoms with Crippen LogP contribution in [0.15, 0.2) is 12.2 Å². The summed E-state index contributed by atoms with van der Waals surface area (Å²) in [6, 6.07) is -1.17. The SMILES string of the molecule is CNCCCNC(=O)[C@H](CC(=O)O)N(C)C(=O)COCCCC(=O)CCN1C(=O)C=CC1=O. The van der Waals surface area contributed by atoms with E-state index in [4.69, 9.17) is 9.84 Å². The quantitative estimate of drug-likeness (QED) is 0.174. The molecule has 3 N–H and O–H groups in total. The fourth-order valence-electron chi connectivity index (χ4n) is 2.99. The van der Waals surface area contributed by atoms with Crippen molar-refractivity contribution in [3.63, 3.8) is 0 Å². The van der Waals surface area contributed by atoms with Gasteiger partial charge >= 0.3 is 5.97 Å². The number of hydrogen-bond acceptors (Lipinski definition) is 8. The van der Waals surface area contributed by atoms with Crippen molar-refractivity contribution in [1.29, 1.82) is 0 Å². The third kappa shape index (κ3) is 10.4. The van der Waals surface area contributed by atoms with E-state index in [0.29, 0.717) is 25.9 Å². The molecule has 0 aliphatic carbocycles. The predicted octanol–water partition coefficient (Wildman–Crippen LogP) is -1.31. The second kappa shape index (κ2) is 14.9. The van der Waals surface area contributed by atoms with Crippen LogP contribution in [0.4, 0.5) is 0 Å². The molecule has 4 amide bonds. The number of hydrogen-bond donors (Lipinski definition) is 3. The van der Waals surface area contributed by atoms with Crippen LogP contribution >= 0.6 is 0 Å². The van der Waals surface area contributed by atoms with E-state index < -0.39 is 42.1 Å². The molecule has 1 rings (SSSR count). The minimum absolute atomic E-state index is 0.0234. The van der Waals surface area contributed by atoms with Crippen molar-refractivity contribution < 1.29 is 38.6 Å². The maximum Gasteiger partial charge on any atom is 0.305 e. The smallest absolute Gasteiger partial charge is 0.305 e. The normalized spacial score (nSPS) is 13.8. The molecule has 0 saturated carbocycles. The number of aliphatic carboxylic acids is 1. The van der Waals surface area contributed by atoms with Crippen LogP contribution in [0.1, 0.15) is 32.1 Å². The average Bonchev–Trinajstić information content (AvgIpc) is 3.09. The predicted molar refractivity (Wildman–Crippen MR) is 116 cm³/mol. The molecule has 1 aliphatic rings. The Hall–Kier alpha value is -3.12. The van der Waals surface area contributed by atoms with E-state index in [2.05, 4.69) is 10.6 Å². The second-order valence-corrected chi connectivity index (χ2v) is 7.47. The summed E-state index contributed by atoms with van der Waals surface area (Å²) >= 11 is 0. The van der Waals surface area contributed by atoms with Gasteiger partial charge < -0.3 is 25.4 Å². The molecule has 0 radical (unpaired) electrons. The molecule has 0 aromatic heterocycles. The van der Waals surface area contributed by atoms with Crippen molar-refractivity contribution in [1.82, 2.24) is 20.4 Å². The molecule has 1 heterocycles. The number of nitrogens with one attached hydrogen (secondary N) is 2. The number of carbonyl (C=O) groups is 6. The van der Waals surface area contributed by atoms with Gasteiger partial charge in [-0.2, -0.15) is 0 Å². The zero-order valence-electron chi connectivity index (χ0n) is 19.0. The number of carbonyl (C=O) groups excluding carboxylic acids is 5. The Morgan fingerprint density at radius 3 is 2.36 bits per heavy atom. The van der Waals surface area contributed by atoms with Gasteiger partial charge in [0.05, 0.1) is 6.42 Å². The molecular formula is C21H32N4O8. The van der Waals surface area contributed by atoms with Gasteiger partial charge in [-0.1, -0.05) is 0 Å². The molecule has 0 aromatic rings. The number of carboxylic acid groups (broad SMARTS) is 1. The largest absolute Gasteiger partial charge is 0.481 e. The number of likely N-dealkylation sites (N-methyl/N-ethyl adjacent to an activating group) is 1. The number of Topliss-reactive ketones (excluding diaryl/α,β-unsaturated/α-hetero) is 1. The molecular weight excluding hydrogens is 436 g/mol. The van der Waals surface area contributed by atoms with Gasteiger partial charge in [0, 0.05) is 51.7 Å². The van der Waals surface area contributed by atoms with Crippen LogP contribution in [0.3, 0.4) is 0 Å². The summed E-state index contributed by atoms with van der Waals surface area (Å²) in [5.41, 5.74) is 0. The first-order chi connectivity index (χ1) is 15.7. The molecule has 184 valence electrons. The van der Waals surface area contributed by atoms with E-state index in [0.717, 1.165) is 22.0 Å². The molecule has 1 atom stereocenters. The summed E-state index contributed by atoms with van der Waals surface area (Å²) in [5, 5.41) is 14.6. The monoisotopic (exact) mass is 468 g/mol. The van der Waals surface area contributed by atoms with Crippen molar-refractivity contribution in [2.45, 2.75) is 38.1 Å². The van der Waals surface area contributed by atoms with Crippen LogP contribution in [-0.4, -0.2) is 103 Å². The van der Waals surface area contributed by atoms with Gasteiger partial charge in [0.1, 0.15) is 18.4 Å². The summed E-state index contributed by atoms with van der Waals surface area (Å²) in [6.45, 7) is 0.791. The first kappa shape index (κ1) is 27.9. The highest BCUT2D eigenvalue weighted by Crippen LogP contribution is 2.07. The Morgan fingerprint density at radius 1 is 1.09 bits per heavy atom. The third-order valence-corrected chi connectivity index (χ3v) is 4.92. The van der Waals surface area contributed by atoms with Crippen LogP contribution in [0.2, 0.25) is 0 Å². The van der Waals surface area contributed by atoms with Crippen LogP contribution < -0.4 is 10.6 Å². The van der Waals surface area contributed by atoms with Crippen LogP contribution in [0.5, 0.6) is 0 Å². The Bertz CT molecular complexity index is 749. The summed E-state index contributed by atoms with van der Waals surface area (Å²) in [5.74, 6) is -3.35. The van der Waals surface area contributed by atoms with E-state index in [-0.39, 0.29) is 38.4 Å². The number of ketones is 1. The van der Waals surface area contributed by atoms with Crippen LogP contribution in [0.25, 0.3) is 0 Å². The molecule has 12 nitrogen and oxygen atoms in total. The molecule has 0 fully saturated rings. The summed E-state index contributed by atoms with van der Waals surface area (Å²) in [7, 11) is 3.11. The summed E-state index contributed by atoms with van der Waals surface area (Å²) in [4.78, 5) is 72.6. The molecule has 0 bridgehead atoms. The molecule has 0 unspecified atom stereocenters. The highest BCUT2D eigenvalue weighted by Gasteiger charge is 2.29.